The Labute approximate surface area is 122 Å². The second kappa shape index (κ2) is 5.49. The van der Waals surface area contributed by atoms with Crippen LogP contribution in [0.4, 0.5) is 0 Å². The zero-order valence-electron chi connectivity index (χ0n) is 13.5. The van der Waals surface area contributed by atoms with Gasteiger partial charge in [-0.1, -0.05) is 20.8 Å². The number of nitrogens with one attached hydrogen (secondary N) is 1. The van der Waals surface area contributed by atoms with E-state index >= 15 is 0 Å². The first kappa shape index (κ1) is 15.5. The molecule has 0 spiro atoms. The summed E-state index contributed by atoms with van der Waals surface area (Å²) in [6.07, 6.45) is 5.24. The molecule has 1 aliphatic rings. The van der Waals surface area contributed by atoms with Crippen molar-refractivity contribution < 1.29 is 5.11 Å². The van der Waals surface area contributed by atoms with Gasteiger partial charge in [0.25, 0.3) is 0 Å². The van der Waals surface area contributed by atoms with Gasteiger partial charge >= 0.3 is 0 Å². The Kier molecular flexibility index (Phi) is 4.26. The lowest BCUT2D eigenvalue weighted by molar-refractivity contribution is 0.0352. The van der Waals surface area contributed by atoms with E-state index in [0.29, 0.717) is 5.92 Å². The molecule has 1 aromatic heterocycles. The minimum Gasteiger partial charge on any atom is -0.394 e. The van der Waals surface area contributed by atoms with E-state index < -0.39 is 0 Å². The summed E-state index contributed by atoms with van der Waals surface area (Å²) in [5.41, 5.74) is 2.55. The Morgan fingerprint density at radius 3 is 2.65 bits per heavy atom. The molecule has 2 unspecified atom stereocenters. The summed E-state index contributed by atoms with van der Waals surface area (Å²) >= 11 is 0. The summed E-state index contributed by atoms with van der Waals surface area (Å²) in [6, 6.07) is 0. The Hall–Kier alpha value is -0.870. The number of aryl methyl sites for hydroxylation is 1. The van der Waals surface area contributed by atoms with Crippen LogP contribution in [0.15, 0.2) is 6.20 Å². The standard InChI is InChI=1S/C16H29N3O/c1-12-6-15(3,4)10-16(7-12,11-20)17-8-14-9-18-19(5)13(14)2/h9,12,17,20H,6-8,10-11H2,1-5H3. The summed E-state index contributed by atoms with van der Waals surface area (Å²) in [5, 5.41) is 17.9. The molecule has 0 radical (unpaired) electrons. The fourth-order valence-electron chi connectivity index (χ4n) is 4.05. The lowest BCUT2D eigenvalue weighted by Crippen LogP contribution is -2.54. The number of aliphatic hydroxyl groups excluding tert-OH is 1. The van der Waals surface area contributed by atoms with Crippen LogP contribution in [0.5, 0.6) is 0 Å². The van der Waals surface area contributed by atoms with Gasteiger partial charge in [0.05, 0.1) is 12.8 Å². The van der Waals surface area contributed by atoms with Gasteiger partial charge in [0, 0.05) is 30.4 Å². The summed E-state index contributed by atoms with van der Waals surface area (Å²) in [7, 11) is 1.96. The van der Waals surface area contributed by atoms with Crippen LogP contribution in [-0.4, -0.2) is 27.0 Å². The van der Waals surface area contributed by atoms with Crippen molar-refractivity contribution in [1.29, 1.82) is 0 Å². The predicted molar refractivity (Wildman–Crippen MR) is 81.4 cm³/mol. The van der Waals surface area contributed by atoms with Crippen LogP contribution in [-0.2, 0) is 13.6 Å². The van der Waals surface area contributed by atoms with E-state index in [9.17, 15) is 5.11 Å². The Morgan fingerprint density at radius 1 is 1.45 bits per heavy atom. The molecule has 4 nitrogen and oxygen atoms in total. The third-order valence-electron chi connectivity index (χ3n) is 4.75. The van der Waals surface area contributed by atoms with Gasteiger partial charge in [0.15, 0.2) is 0 Å². The topological polar surface area (TPSA) is 50.1 Å². The maximum Gasteiger partial charge on any atom is 0.0613 e. The van der Waals surface area contributed by atoms with Crippen LogP contribution in [0.1, 0.15) is 51.3 Å². The fraction of sp³-hybridized carbons (Fsp3) is 0.812. The molecule has 0 aliphatic heterocycles. The number of hydrogen-bond donors (Lipinski definition) is 2. The molecule has 2 rings (SSSR count). The van der Waals surface area contributed by atoms with E-state index in [-0.39, 0.29) is 17.6 Å². The van der Waals surface area contributed by atoms with Crippen LogP contribution in [0.2, 0.25) is 0 Å². The van der Waals surface area contributed by atoms with Gasteiger partial charge < -0.3 is 10.4 Å². The average Bonchev–Trinajstić information content (AvgIpc) is 2.65. The van der Waals surface area contributed by atoms with Gasteiger partial charge in [-0.05, 0) is 37.5 Å². The van der Waals surface area contributed by atoms with Crippen LogP contribution < -0.4 is 5.32 Å². The molecule has 114 valence electrons. The smallest absolute Gasteiger partial charge is 0.0613 e. The molecule has 1 fully saturated rings. The summed E-state index contributed by atoms with van der Waals surface area (Å²) in [5.74, 6) is 0.647. The first-order valence-electron chi connectivity index (χ1n) is 7.60. The second-order valence-corrected chi connectivity index (χ2v) is 7.53. The Morgan fingerprint density at radius 2 is 2.15 bits per heavy atom. The van der Waals surface area contributed by atoms with Crippen LogP contribution >= 0.6 is 0 Å². The molecule has 1 aromatic rings. The SMILES string of the molecule is Cc1c(CNC2(CO)CC(C)CC(C)(C)C2)cnn1C. The third-order valence-corrected chi connectivity index (χ3v) is 4.75. The van der Waals surface area contributed by atoms with E-state index in [1.54, 1.807) is 0 Å². The monoisotopic (exact) mass is 279 g/mol. The molecule has 4 heteroatoms. The molecule has 0 bridgehead atoms. The number of aromatic nitrogens is 2. The van der Waals surface area contributed by atoms with E-state index in [4.69, 9.17) is 0 Å². The highest BCUT2D eigenvalue weighted by Gasteiger charge is 2.42. The van der Waals surface area contributed by atoms with Gasteiger partial charge in [0.1, 0.15) is 0 Å². The van der Waals surface area contributed by atoms with Crippen molar-refractivity contribution in [3.05, 3.63) is 17.5 Å². The zero-order valence-corrected chi connectivity index (χ0v) is 13.5. The predicted octanol–water partition coefficient (Wildman–Crippen LogP) is 2.40. The molecule has 0 saturated heterocycles. The van der Waals surface area contributed by atoms with Crippen molar-refractivity contribution in [3.8, 4) is 0 Å². The first-order chi connectivity index (χ1) is 9.27. The van der Waals surface area contributed by atoms with E-state index in [0.717, 1.165) is 19.4 Å². The van der Waals surface area contributed by atoms with E-state index in [1.165, 1.54) is 17.7 Å². The normalized spacial score (nSPS) is 29.6. The highest BCUT2D eigenvalue weighted by Crippen LogP contribution is 2.43. The molecule has 1 saturated carbocycles. The molecular weight excluding hydrogens is 250 g/mol. The number of hydrogen-bond acceptors (Lipinski definition) is 3. The molecule has 2 atom stereocenters. The highest BCUT2D eigenvalue weighted by atomic mass is 16.3. The van der Waals surface area contributed by atoms with Gasteiger partial charge in [-0.25, -0.2) is 0 Å². The van der Waals surface area contributed by atoms with Crippen LogP contribution in [0.3, 0.4) is 0 Å². The molecule has 1 aliphatic carbocycles. The number of nitrogens with zero attached hydrogens (tertiary/aromatic N) is 2. The average molecular weight is 279 g/mol. The quantitative estimate of drug-likeness (QED) is 0.890. The van der Waals surface area contributed by atoms with Crippen molar-refractivity contribution in [3.63, 3.8) is 0 Å². The highest BCUT2D eigenvalue weighted by molar-refractivity contribution is 5.16. The second-order valence-electron chi connectivity index (χ2n) is 7.53. The van der Waals surface area contributed by atoms with Gasteiger partial charge in [0.2, 0.25) is 0 Å². The molecule has 1 heterocycles. The Bertz CT molecular complexity index is 466. The van der Waals surface area contributed by atoms with Gasteiger partial charge in [-0.2, -0.15) is 5.10 Å². The first-order valence-corrected chi connectivity index (χ1v) is 7.60. The summed E-state index contributed by atoms with van der Waals surface area (Å²) < 4.78 is 1.90. The number of rotatable bonds is 4. The maximum atomic E-state index is 9.96. The minimum absolute atomic E-state index is 0.149. The molecule has 20 heavy (non-hydrogen) atoms. The van der Waals surface area contributed by atoms with Gasteiger partial charge in [-0.3, -0.25) is 4.68 Å². The zero-order chi connectivity index (χ0) is 15.0. The lowest BCUT2D eigenvalue weighted by Gasteiger charge is -2.47. The summed E-state index contributed by atoms with van der Waals surface area (Å²) in [4.78, 5) is 0. The molecule has 2 N–H and O–H groups in total. The van der Waals surface area contributed by atoms with E-state index in [1.807, 2.05) is 17.9 Å². The molecular formula is C16H29N3O. The van der Waals surface area contributed by atoms with Crippen LogP contribution in [0.25, 0.3) is 0 Å². The Balaban J connectivity index is 2.10. The van der Waals surface area contributed by atoms with Crippen molar-refractivity contribution >= 4 is 0 Å². The maximum absolute atomic E-state index is 9.96. The molecule has 0 amide bonds. The van der Waals surface area contributed by atoms with E-state index in [2.05, 4.69) is 38.1 Å². The largest absolute Gasteiger partial charge is 0.394 e. The fourth-order valence-corrected chi connectivity index (χ4v) is 4.05. The lowest BCUT2D eigenvalue weighted by atomic mass is 9.64. The molecule has 0 aromatic carbocycles. The summed E-state index contributed by atoms with van der Waals surface area (Å²) in [6.45, 7) is 9.99. The van der Waals surface area contributed by atoms with Crippen LogP contribution in [0, 0.1) is 18.3 Å². The van der Waals surface area contributed by atoms with Crippen molar-refractivity contribution in [2.45, 2.75) is 59.0 Å². The van der Waals surface area contributed by atoms with Crippen molar-refractivity contribution in [2.75, 3.05) is 6.61 Å². The minimum atomic E-state index is -0.149. The van der Waals surface area contributed by atoms with Crippen molar-refractivity contribution in [1.82, 2.24) is 15.1 Å². The van der Waals surface area contributed by atoms with Crippen molar-refractivity contribution in [2.24, 2.45) is 18.4 Å². The number of aliphatic hydroxyl groups is 1. The van der Waals surface area contributed by atoms with Gasteiger partial charge in [-0.15, -0.1) is 0 Å². The third kappa shape index (κ3) is 3.23.